The maximum absolute atomic E-state index is 13.1. The molecule has 1 heterocycles. The zero-order valence-corrected chi connectivity index (χ0v) is 9.08. The fourth-order valence-electron chi connectivity index (χ4n) is 2.24. The summed E-state index contributed by atoms with van der Waals surface area (Å²) in [5.41, 5.74) is 2.77. The van der Waals surface area contributed by atoms with Crippen LogP contribution in [0, 0.1) is 11.6 Å². The fourth-order valence-corrected chi connectivity index (χ4v) is 2.24. The van der Waals surface area contributed by atoms with Gasteiger partial charge in [0.1, 0.15) is 11.6 Å². The first kappa shape index (κ1) is 10.3. The molecule has 0 aromatic heterocycles. The first-order valence-electron chi connectivity index (χ1n) is 5.53. The molecule has 0 fully saturated rings. The molecule has 0 saturated heterocycles. The molecule has 2 aromatic rings. The summed E-state index contributed by atoms with van der Waals surface area (Å²) < 4.78 is 26.2. The Bertz CT molecular complexity index is 566. The molecule has 86 valence electrons. The third-order valence-electron chi connectivity index (χ3n) is 3.08. The van der Waals surface area contributed by atoms with Crippen molar-refractivity contribution in [3.05, 3.63) is 65.2 Å². The van der Waals surface area contributed by atoms with Gasteiger partial charge in [-0.1, -0.05) is 18.2 Å². The average Bonchev–Trinajstić information content (AvgIpc) is 2.72. The molecule has 0 amide bonds. The standard InChI is InChI=1S/C14H11F2N/c15-11-3-1-2-9(6-11)13-7-10-4-5-12(16)8-14(10)17-13/h1-6,8,13,17H,7H2. The number of hydrogen-bond donors (Lipinski definition) is 1. The summed E-state index contributed by atoms with van der Waals surface area (Å²) in [6, 6.07) is 11.2. The Labute approximate surface area is 98.1 Å². The van der Waals surface area contributed by atoms with E-state index in [0.717, 1.165) is 23.2 Å². The van der Waals surface area contributed by atoms with Gasteiger partial charge in [-0.25, -0.2) is 8.78 Å². The minimum Gasteiger partial charge on any atom is -0.378 e. The van der Waals surface area contributed by atoms with Crippen molar-refractivity contribution < 1.29 is 8.78 Å². The van der Waals surface area contributed by atoms with E-state index in [1.807, 2.05) is 6.07 Å². The van der Waals surface area contributed by atoms with Crippen LogP contribution in [0.15, 0.2) is 42.5 Å². The van der Waals surface area contributed by atoms with E-state index in [-0.39, 0.29) is 17.7 Å². The first-order valence-corrected chi connectivity index (χ1v) is 5.53. The Hall–Kier alpha value is -1.90. The number of halogens is 2. The van der Waals surface area contributed by atoms with Gasteiger partial charge >= 0.3 is 0 Å². The van der Waals surface area contributed by atoms with Crippen LogP contribution in [0.4, 0.5) is 14.5 Å². The lowest BCUT2D eigenvalue weighted by atomic mass is 10.0. The monoisotopic (exact) mass is 231 g/mol. The Balaban J connectivity index is 1.91. The molecule has 17 heavy (non-hydrogen) atoms. The summed E-state index contributed by atoms with van der Waals surface area (Å²) in [7, 11) is 0. The highest BCUT2D eigenvalue weighted by atomic mass is 19.1. The minimum atomic E-state index is -0.254. The zero-order valence-electron chi connectivity index (χ0n) is 9.08. The maximum atomic E-state index is 13.1. The van der Waals surface area contributed by atoms with Gasteiger partial charge in [0.15, 0.2) is 0 Å². The molecule has 1 atom stereocenters. The predicted molar refractivity (Wildman–Crippen MR) is 62.9 cm³/mol. The molecule has 0 spiro atoms. The van der Waals surface area contributed by atoms with E-state index >= 15 is 0 Å². The second-order valence-corrected chi connectivity index (χ2v) is 4.26. The SMILES string of the molecule is Fc1cccc(C2Cc3ccc(F)cc3N2)c1. The van der Waals surface area contributed by atoms with Crippen molar-refractivity contribution in [2.75, 3.05) is 5.32 Å². The highest BCUT2D eigenvalue weighted by molar-refractivity contribution is 5.58. The van der Waals surface area contributed by atoms with Crippen molar-refractivity contribution in [3.8, 4) is 0 Å². The van der Waals surface area contributed by atoms with Gasteiger partial charge in [-0.15, -0.1) is 0 Å². The Morgan fingerprint density at radius 1 is 1.00 bits per heavy atom. The van der Waals surface area contributed by atoms with E-state index in [1.165, 1.54) is 24.3 Å². The highest BCUT2D eigenvalue weighted by Gasteiger charge is 2.22. The topological polar surface area (TPSA) is 12.0 Å². The molecule has 3 heteroatoms. The maximum Gasteiger partial charge on any atom is 0.125 e. The van der Waals surface area contributed by atoms with Crippen molar-refractivity contribution in [1.29, 1.82) is 0 Å². The van der Waals surface area contributed by atoms with Crippen LogP contribution in [0.1, 0.15) is 17.2 Å². The molecule has 1 N–H and O–H groups in total. The molecule has 1 aliphatic heterocycles. The van der Waals surface area contributed by atoms with Crippen molar-refractivity contribution in [2.45, 2.75) is 12.5 Å². The number of fused-ring (bicyclic) bond motifs is 1. The van der Waals surface area contributed by atoms with Crippen molar-refractivity contribution in [1.82, 2.24) is 0 Å². The van der Waals surface area contributed by atoms with Gasteiger partial charge in [-0.05, 0) is 41.8 Å². The van der Waals surface area contributed by atoms with Crippen LogP contribution >= 0.6 is 0 Å². The van der Waals surface area contributed by atoms with Crippen molar-refractivity contribution >= 4 is 5.69 Å². The van der Waals surface area contributed by atoms with Gasteiger partial charge in [0.2, 0.25) is 0 Å². The van der Waals surface area contributed by atoms with Gasteiger partial charge in [0.05, 0.1) is 6.04 Å². The third kappa shape index (κ3) is 1.88. The molecule has 0 bridgehead atoms. The first-order chi connectivity index (χ1) is 8.22. The van der Waals surface area contributed by atoms with Crippen LogP contribution in [0.5, 0.6) is 0 Å². The van der Waals surface area contributed by atoms with Gasteiger partial charge < -0.3 is 5.32 Å². The number of benzene rings is 2. The summed E-state index contributed by atoms with van der Waals surface area (Å²) in [6.07, 6.45) is 0.763. The largest absolute Gasteiger partial charge is 0.378 e. The summed E-state index contributed by atoms with van der Waals surface area (Å²) in [5.74, 6) is -0.498. The molecular weight excluding hydrogens is 220 g/mol. The van der Waals surface area contributed by atoms with E-state index in [4.69, 9.17) is 0 Å². The Morgan fingerprint density at radius 2 is 1.82 bits per heavy atom. The second kappa shape index (κ2) is 3.84. The molecule has 0 aliphatic carbocycles. The molecule has 1 aliphatic rings. The second-order valence-electron chi connectivity index (χ2n) is 4.26. The van der Waals surface area contributed by atoms with Crippen LogP contribution < -0.4 is 5.32 Å². The summed E-state index contributed by atoms with van der Waals surface area (Å²) in [6.45, 7) is 0. The van der Waals surface area contributed by atoms with E-state index in [1.54, 1.807) is 12.1 Å². The van der Waals surface area contributed by atoms with Crippen LogP contribution in [0.25, 0.3) is 0 Å². The van der Waals surface area contributed by atoms with Crippen LogP contribution in [0.3, 0.4) is 0 Å². The van der Waals surface area contributed by atoms with Crippen molar-refractivity contribution in [3.63, 3.8) is 0 Å². The third-order valence-corrected chi connectivity index (χ3v) is 3.08. The van der Waals surface area contributed by atoms with Crippen LogP contribution in [-0.2, 0) is 6.42 Å². The number of hydrogen-bond acceptors (Lipinski definition) is 1. The molecule has 1 nitrogen and oxygen atoms in total. The van der Waals surface area contributed by atoms with Crippen LogP contribution in [0.2, 0.25) is 0 Å². The predicted octanol–water partition coefficient (Wildman–Crippen LogP) is 3.67. The number of anilines is 1. The van der Waals surface area contributed by atoms with Gasteiger partial charge in [-0.2, -0.15) is 0 Å². The summed E-state index contributed by atoms with van der Waals surface area (Å²) in [5, 5.41) is 3.21. The van der Waals surface area contributed by atoms with Crippen molar-refractivity contribution in [2.24, 2.45) is 0 Å². The number of nitrogens with one attached hydrogen (secondary N) is 1. The molecule has 2 aromatic carbocycles. The lowest BCUT2D eigenvalue weighted by Gasteiger charge is -2.11. The lowest BCUT2D eigenvalue weighted by molar-refractivity contribution is 0.622. The highest BCUT2D eigenvalue weighted by Crippen LogP contribution is 2.34. The minimum absolute atomic E-state index is 0.0301. The quantitative estimate of drug-likeness (QED) is 0.789. The van der Waals surface area contributed by atoms with E-state index in [0.29, 0.717) is 0 Å². The van der Waals surface area contributed by atoms with E-state index in [9.17, 15) is 8.78 Å². The molecule has 1 unspecified atom stereocenters. The zero-order chi connectivity index (χ0) is 11.8. The summed E-state index contributed by atoms with van der Waals surface area (Å²) in [4.78, 5) is 0. The van der Waals surface area contributed by atoms with Crippen LogP contribution in [-0.4, -0.2) is 0 Å². The molecular formula is C14H11F2N. The molecule has 0 radical (unpaired) electrons. The molecule has 3 rings (SSSR count). The normalized spacial score (nSPS) is 17.6. The Morgan fingerprint density at radius 3 is 2.65 bits per heavy atom. The van der Waals surface area contributed by atoms with E-state index in [2.05, 4.69) is 5.32 Å². The van der Waals surface area contributed by atoms with Gasteiger partial charge in [-0.3, -0.25) is 0 Å². The smallest absolute Gasteiger partial charge is 0.125 e. The van der Waals surface area contributed by atoms with Gasteiger partial charge in [0.25, 0.3) is 0 Å². The molecule has 0 saturated carbocycles. The fraction of sp³-hybridized carbons (Fsp3) is 0.143. The van der Waals surface area contributed by atoms with Gasteiger partial charge in [0, 0.05) is 5.69 Å². The Kier molecular flexibility index (Phi) is 2.32. The average molecular weight is 231 g/mol. The lowest BCUT2D eigenvalue weighted by Crippen LogP contribution is -2.05. The number of rotatable bonds is 1. The van der Waals surface area contributed by atoms with E-state index < -0.39 is 0 Å². The summed E-state index contributed by atoms with van der Waals surface area (Å²) >= 11 is 0.